The first-order valence-corrected chi connectivity index (χ1v) is 7.81. The zero-order chi connectivity index (χ0) is 13.5. The molecule has 2 nitrogen and oxygen atoms in total. The van der Waals surface area contributed by atoms with Crippen LogP contribution in [-0.2, 0) is 6.42 Å². The van der Waals surface area contributed by atoms with Crippen molar-refractivity contribution in [3.05, 3.63) is 35.9 Å². The molecule has 2 heteroatoms. The highest BCUT2D eigenvalue weighted by atomic mass is 15.2. The van der Waals surface area contributed by atoms with Crippen molar-refractivity contribution in [3.8, 4) is 0 Å². The highest BCUT2D eigenvalue weighted by Gasteiger charge is 2.25. The molecule has 1 aromatic rings. The molecule has 1 N–H and O–H groups in total. The van der Waals surface area contributed by atoms with Crippen molar-refractivity contribution in [2.45, 2.75) is 39.2 Å². The molecule has 1 aliphatic rings. The average Bonchev–Trinajstić information content (AvgIpc) is 2.46. The van der Waals surface area contributed by atoms with Crippen LogP contribution < -0.4 is 5.32 Å². The number of rotatable bonds is 6. The smallest absolute Gasteiger partial charge is 0.0198 e. The van der Waals surface area contributed by atoms with E-state index in [1.165, 1.54) is 44.5 Å². The summed E-state index contributed by atoms with van der Waals surface area (Å²) in [7, 11) is 0. The third-order valence-corrected chi connectivity index (χ3v) is 4.11. The summed E-state index contributed by atoms with van der Waals surface area (Å²) in [4.78, 5) is 2.60. The van der Waals surface area contributed by atoms with Gasteiger partial charge in [-0.1, -0.05) is 44.2 Å². The number of likely N-dealkylation sites (N-methyl/N-ethyl adjacent to an activating group) is 1. The van der Waals surface area contributed by atoms with Gasteiger partial charge in [-0.3, -0.25) is 0 Å². The van der Waals surface area contributed by atoms with Crippen LogP contribution in [0.2, 0.25) is 0 Å². The Morgan fingerprint density at radius 2 is 1.95 bits per heavy atom. The van der Waals surface area contributed by atoms with Crippen LogP contribution in [-0.4, -0.2) is 37.1 Å². The Labute approximate surface area is 118 Å². The maximum atomic E-state index is 3.71. The van der Waals surface area contributed by atoms with Gasteiger partial charge in [-0.05, 0) is 43.8 Å². The van der Waals surface area contributed by atoms with Crippen LogP contribution in [0.4, 0.5) is 0 Å². The molecule has 1 fully saturated rings. The quantitative estimate of drug-likeness (QED) is 0.846. The zero-order valence-electron chi connectivity index (χ0n) is 12.4. The Hall–Kier alpha value is -0.860. The lowest BCUT2D eigenvalue weighted by Crippen LogP contribution is -2.49. The monoisotopic (exact) mass is 260 g/mol. The summed E-state index contributed by atoms with van der Waals surface area (Å²) in [5.41, 5.74) is 1.49. The Morgan fingerprint density at radius 1 is 1.16 bits per heavy atom. The van der Waals surface area contributed by atoms with Gasteiger partial charge in [0.2, 0.25) is 0 Å². The number of hydrogen-bond acceptors (Lipinski definition) is 2. The van der Waals surface area contributed by atoms with E-state index >= 15 is 0 Å². The first kappa shape index (κ1) is 14.5. The van der Waals surface area contributed by atoms with Gasteiger partial charge in [0.1, 0.15) is 0 Å². The van der Waals surface area contributed by atoms with Gasteiger partial charge in [-0.25, -0.2) is 0 Å². The van der Waals surface area contributed by atoms with E-state index in [0.29, 0.717) is 6.04 Å². The van der Waals surface area contributed by atoms with E-state index in [9.17, 15) is 0 Å². The number of piperidine rings is 1. The van der Waals surface area contributed by atoms with Gasteiger partial charge in [-0.15, -0.1) is 0 Å². The van der Waals surface area contributed by atoms with Crippen molar-refractivity contribution in [2.24, 2.45) is 5.92 Å². The molecule has 1 aliphatic heterocycles. The lowest BCUT2D eigenvalue weighted by atomic mass is 9.88. The predicted octanol–water partition coefficient (Wildman–Crippen LogP) is 2.94. The summed E-state index contributed by atoms with van der Waals surface area (Å²) in [5.74, 6) is 0.797. The van der Waals surface area contributed by atoms with Crippen LogP contribution in [0.15, 0.2) is 30.3 Å². The number of hydrogen-bond donors (Lipinski definition) is 1. The lowest BCUT2D eigenvalue weighted by molar-refractivity contribution is 0.147. The minimum atomic E-state index is 0.683. The van der Waals surface area contributed by atoms with Crippen molar-refractivity contribution in [3.63, 3.8) is 0 Å². The highest BCUT2D eigenvalue weighted by Crippen LogP contribution is 2.21. The van der Waals surface area contributed by atoms with Crippen LogP contribution in [0.1, 0.15) is 32.3 Å². The zero-order valence-corrected chi connectivity index (χ0v) is 12.4. The molecule has 1 saturated heterocycles. The predicted molar refractivity (Wildman–Crippen MR) is 82.4 cm³/mol. The van der Waals surface area contributed by atoms with Crippen LogP contribution in [0.3, 0.4) is 0 Å². The molecule has 0 saturated carbocycles. The highest BCUT2D eigenvalue weighted by molar-refractivity contribution is 5.15. The fourth-order valence-corrected chi connectivity index (χ4v) is 3.15. The number of benzene rings is 1. The topological polar surface area (TPSA) is 15.3 Å². The molecule has 0 amide bonds. The lowest BCUT2D eigenvalue weighted by Gasteiger charge is -2.38. The molecule has 2 atom stereocenters. The standard InChI is InChI=1S/C17H28N2/c1-3-10-18-17-12-16(13-19(4-2)14-17)11-15-8-6-5-7-9-15/h5-9,16-18H,3-4,10-14H2,1-2H3. The first-order valence-electron chi connectivity index (χ1n) is 7.81. The third-order valence-electron chi connectivity index (χ3n) is 4.11. The first-order chi connectivity index (χ1) is 9.31. The van der Waals surface area contributed by atoms with Crippen LogP contribution in [0, 0.1) is 5.92 Å². The largest absolute Gasteiger partial charge is 0.313 e. The van der Waals surface area contributed by atoms with E-state index in [1.807, 2.05) is 0 Å². The molecule has 0 aliphatic carbocycles. The summed E-state index contributed by atoms with van der Waals surface area (Å²) in [6.07, 6.45) is 3.78. The van der Waals surface area contributed by atoms with Crippen molar-refractivity contribution >= 4 is 0 Å². The minimum absolute atomic E-state index is 0.683. The molecule has 1 heterocycles. The molecule has 106 valence electrons. The van der Waals surface area contributed by atoms with Gasteiger partial charge in [0.15, 0.2) is 0 Å². The van der Waals surface area contributed by atoms with E-state index < -0.39 is 0 Å². The van der Waals surface area contributed by atoms with Crippen LogP contribution in [0.5, 0.6) is 0 Å². The van der Waals surface area contributed by atoms with Crippen LogP contribution in [0.25, 0.3) is 0 Å². The van der Waals surface area contributed by atoms with Gasteiger partial charge in [0.25, 0.3) is 0 Å². The second kappa shape index (κ2) is 7.66. The number of likely N-dealkylation sites (tertiary alicyclic amines) is 1. The van der Waals surface area contributed by atoms with E-state index in [1.54, 1.807) is 0 Å². The summed E-state index contributed by atoms with van der Waals surface area (Å²) in [6, 6.07) is 11.6. The van der Waals surface area contributed by atoms with Crippen LogP contribution >= 0.6 is 0 Å². The van der Waals surface area contributed by atoms with Crippen molar-refractivity contribution in [1.29, 1.82) is 0 Å². The van der Waals surface area contributed by atoms with E-state index in [0.717, 1.165) is 12.5 Å². The maximum Gasteiger partial charge on any atom is 0.0198 e. The van der Waals surface area contributed by atoms with E-state index in [-0.39, 0.29) is 0 Å². The number of nitrogens with zero attached hydrogens (tertiary/aromatic N) is 1. The fraction of sp³-hybridized carbons (Fsp3) is 0.647. The number of nitrogens with one attached hydrogen (secondary N) is 1. The molecule has 19 heavy (non-hydrogen) atoms. The second-order valence-electron chi connectivity index (χ2n) is 5.79. The maximum absolute atomic E-state index is 3.71. The molecule has 2 unspecified atom stereocenters. The molecule has 0 aromatic heterocycles. The van der Waals surface area contributed by atoms with Gasteiger partial charge in [-0.2, -0.15) is 0 Å². The summed E-state index contributed by atoms with van der Waals surface area (Å²) >= 11 is 0. The molecule has 1 aromatic carbocycles. The molecular formula is C17H28N2. The van der Waals surface area contributed by atoms with Gasteiger partial charge >= 0.3 is 0 Å². The third kappa shape index (κ3) is 4.63. The van der Waals surface area contributed by atoms with Gasteiger partial charge in [0.05, 0.1) is 0 Å². The molecular weight excluding hydrogens is 232 g/mol. The summed E-state index contributed by atoms with van der Waals surface area (Å²) in [6.45, 7) is 9.34. The fourth-order valence-electron chi connectivity index (χ4n) is 3.15. The SMILES string of the molecule is CCCNC1CC(Cc2ccccc2)CN(CC)C1. The Kier molecular flexibility index (Phi) is 5.87. The van der Waals surface area contributed by atoms with Crippen molar-refractivity contribution < 1.29 is 0 Å². The van der Waals surface area contributed by atoms with Crippen molar-refractivity contribution in [1.82, 2.24) is 10.2 Å². The van der Waals surface area contributed by atoms with Gasteiger partial charge in [0, 0.05) is 19.1 Å². The Balaban J connectivity index is 1.91. The second-order valence-corrected chi connectivity index (χ2v) is 5.79. The normalized spacial score (nSPS) is 24.5. The van der Waals surface area contributed by atoms with E-state index in [4.69, 9.17) is 0 Å². The van der Waals surface area contributed by atoms with Crippen molar-refractivity contribution in [2.75, 3.05) is 26.2 Å². The Bertz CT molecular complexity index is 350. The Morgan fingerprint density at radius 3 is 2.63 bits per heavy atom. The molecule has 0 bridgehead atoms. The molecule has 0 spiro atoms. The minimum Gasteiger partial charge on any atom is -0.313 e. The molecule has 2 rings (SSSR count). The summed E-state index contributed by atoms with van der Waals surface area (Å²) in [5, 5.41) is 3.71. The van der Waals surface area contributed by atoms with Gasteiger partial charge < -0.3 is 10.2 Å². The van der Waals surface area contributed by atoms with E-state index in [2.05, 4.69) is 54.4 Å². The summed E-state index contributed by atoms with van der Waals surface area (Å²) < 4.78 is 0. The molecule has 0 radical (unpaired) electrons. The average molecular weight is 260 g/mol.